The maximum absolute atomic E-state index is 14.3. The number of nitrogens with zero attached hydrogens (tertiary/aromatic N) is 2. The number of ether oxygens (including phenoxy) is 3. The lowest BCUT2D eigenvalue weighted by Gasteiger charge is -2.46. The minimum Gasteiger partial charge on any atom is -0.497 e. The van der Waals surface area contributed by atoms with Crippen molar-refractivity contribution in [2.75, 3.05) is 27.4 Å². The molecule has 1 aliphatic rings. The van der Waals surface area contributed by atoms with Crippen LogP contribution in [0, 0.1) is 5.92 Å². The predicted molar refractivity (Wildman–Crippen MR) is 195 cm³/mol. The maximum Gasteiger partial charge on any atom is 0.279 e. The monoisotopic (exact) mass is 679 g/mol. The van der Waals surface area contributed by atoms with Crippen LogP contribution in [0.15, 0.2) is 102 Å². The number of aromatic nitrogens is 2. The van der Waals surface area contributed by atoms with E-state index < -0.39 is 8.07 Å². The summed E-state index contributed by atoms with van der Waals surface area (Å²) in [7, 11) is 0.905. The molecule has 0 saturated carbocycles. The lowest BCUT2D eigenvalue weighted by atomic mass is 9.86. The van der Waals surface area contributed by atoms with Crippen LogP contribution in [-0.4, -0.2) is 67.2 Å². The Morgan fingerprint density at radius 1 is 1.00 bits per heavy atom. The van der Waals surface area contributed by atoms with Crippen molar-refractivity contribution in [3.8, 4) is 17.2 Å². The van der Waals surface area contributed by atoms with Gasteiger partial charge in [-0.25, -0.2) is 4.68 Å². The van der Waals surface area contributed by atoms with E-state index in [1.165, 1.54) is 5.19 Å². The van der Waals surface area contributed by atoms with Gasteiger partial charge in [0, 0.05) is 43.6 Å². The third kappa shape index (κ3) is 6.81. The number of fused-ring (bicyclic) bond motifs is 2. The molecule has 0 bridgehead atoms. The fraction of sp³-hybridized carbons (Fsp3) is 0.333. The Morgan fingerprint density at radius 2 is 1.71 bits per heavy atom. The van der Waals surface area contributed by atoms with Gasteiger partial charge in [-0.2, -0.15) is 0 Å². The molecule has 6 rings (SSSR count). The van der Waals surface area contributed by atoms with Crippen LogP contribution in [0.4, 0.5) is 0 Å². The Bertz CT molecular complexity index is 1960. The SMILES string of the molecule is COc1ccc([Si](C)(C)C(CC(=O)N(CCO)Cc2ccccc2)[C@@H]2Oc3ccc(-n4[nH]c5ccccc5c4=O)cc3[C@H](OC)[C@H]2C)cc1. The molecule has 1 amide bonds. The second-order valence-electron chi connectivity index (χ2n) is 13.4. The highest BCUT2D eigenvalue weighted by Crippen LogP contribution is 2.47. The van der Waals surface area contributed by atoms with Gasteiger partial charge in [-0.1, -0.05) is 79.8 Å². The van der Waals surface area contributed by atoms with E-state index in [-0.39, 0.29) is 54.7 Å². The number of aliphatic hydroxyl groups excluding tert-OH is 1. The van der Waals surface area contributed by atoms with Gasteiger partial charge in [0.2, 0.25) is 5.91 Å². The molecular formula is C39H45N3O6Si. The van der Waals surface area contributed by atoms with E-state index in [2.05, 4.69) is 37.2 Å². The molecule has 4 aromatic carbocycles. The van der Waals surface area contributed by atoms with E-state index in [1.54, 1.807) is 23.8 Å². The van der Waals surface area contributed by atoms with Gasteiger partial charge < -0.3 is 24.2 Å². The lowest BCUT2D eigenvalue weighted by Crippen LogP contribution is -2.55. The Kier molecular flexibility index (Phi) is 10.1. The molecule has 2 heterocycles. The molecule has 4 atom stereocenters. The Balaban J connectivity index is 1.38. The van der Waals surface area contributed by atoms with E-state index in [9.17, 15) is 14.7 Å². The molecule has 49 heavy (non-hydrogen) atoms. The van der Waals surface area contributed by atoms with Gasteiger partial charge in [0.1, 0.15) is 17.6 Å². The van der Waals surface area contributed by atoms with Crippen LogP contribution < -0.4 is 20.2 Å². The number of H-pyrrole nitrogens is 1. The molecule has 0 spiro atoms. The number of aliphatic hydroxyl groups is 1. The lowest BCUT2D eigenvalue weighted by molar-refractivity contribution is -0.133. The largest absolute Gasteiger partial charge is 0.497 e. The maximum atomic E-state index is 14.3. The summed E-state index contributed by atoms with van der Waals surface area (Å²) in [5.74, 6) is 1.30. The number of hydrogen-bond acceptors (Lipinski definition) is 6. The topological polar surface area (TPSA) is 106 Å². The summed E-state index contributed by atoms with van der Waals surface area (Å²) in [6.45, 7) is 7.23. The Labute approximate surface area is 288 Å². The highest BCUT2D eigenvalue weighted by Gasteiger charge is 2.48. The molecule has 2 N–H and O–H groups in total. The van der Waals surface area contributed by atoms with Gasteiger partial charge in [0.25, 0.3) is 5.56 Å². The van der Waals surface area contributed by atoms with Crippen molar-refractivity contribution >= 4 is 30.1 Å². The standard InChI is InChI=1S/C39H45N3O6Si/c1-26-37(47-3)32-23-28(42-39(45)31-13-9-10-14-33(31)40-42)15-20-34(32)48-38(26)35(49(4,5)30-18-16-29(46-2)17-19-30)24-36(44)41(21-22-43)25-27-11-7-6-8-12-27/h6-20,23,26,35,37-38,40,43H,21-22,24-25H2,1-5H3/t26-,35?,37-,38-/m1/s1. The minimum atomic E-state index is -2.45. The molecule has 0 aliphatic carbocycles. The van der Waals surface area contributed by atoms with Crippen LogP contribution in [-0.2, 0) is 16.1 Å². The second-order valence-corrected chi connectivity index (χ2v) is 18.2. The molecule has 1 unspecified atom stereocenters. The highest BCUT2D eigenvalue weighted by molar-refractivity contribution is 6.91. The molecular weight excluding hydrogens is 635 g/mol. The normalized spacial score (nSPS) is 18.0. The van der Waals surface area contributed by atoms with Gasteiger partial charge in [0.15, 0.2) is 0 Å². The van der Waals surface area contributed by atoms with Crippen LogP contribution in [0.2, 0.25) is 18.6 Å². The molecule has 0 fully saturated rings. The first-order valence-electron chi connectivity index (χ1n) is 16.8. The van der Waals surface area contributed by atoms with Gasteiger partial charge in [-0.15, -0.1) is 0 Å². The van der Waals surface area contributed by atoms with Crippen LogP contribution in [0.25, 0.3) is 16.6 Å². The summed E-state index contributed by atoms with van der Waals surface area (Å²) in [5, 5.41) is 15.0. The van der Waals surface area contributed by atoms with Crippen molar-refractivity contribution < 1.29 is 24.1 Å². The first kappa shape index (κ1) is 34.2. The Morgan fingerprint density at radius 3 is 2.39 bits per heavy atom. The number of nitrogens with one attached hydrogen (secondary N) is 1. The summed E-state index contributed by atoms with van der Waals surface area (Å²) < 4.78 is 20.2. The fourth-order valence-electron chi connectivity index (χ4n) is 7.30. The molecule has 9 nitrogen and oxygen atoms in total. The second kappa shape index (κ2) is 14.5. The van der Waals surface area contributed by atoms with Crippen molar-refractivity contribution in [2.45, 2.75) is 50.7 Å². The van der Waals surface area contributed by atoms with E-state index in [1.807, 2.05) is 84.9 Å². The van der Waals surface area contributed by atoms with Crippen molar-refractivity contribution in [3.05, 3.63) is 119 Å². The third-order valence-electron chi connectivity index (χ3n) is 10.2. The van der Waals surface area contributed by atoms with Crippen molar-refractivity contribution in [1.82, 2.24) is 14.7 Å². The van der Waals surface area contributed by atoms with Crippen molar-refractivity contribution in [3.63, 3.8) is 0 Å². The third-order valence-corrected chi connectivity index (χ3v) is 14.4. The molecule has 10 heteroatoms. The number of carbonyl (C=O) groups excluding carboxylic acids is 1. The van der Waals surface area contributed by atoms with E-state index >= 15 is 0 Å². The van der Waals surface area contributed by atoms with E-state index in [4.69, 9.17) is 14.2 Å². The zero-order chi connectivity index (χ0) is 34.7. The molecule has 5 aromatic rings. The summed E-state index contributed by atoms with van der Waals surface area (Å²) in [4.78, 5) is 29.3. The van der Waals surface area contributed by atoms with Gasteiger partial charge >= 0.3 is 0 Å². The van der Waals surface area contributed by atoms with Crippen LogP contribution in [0.3, 0.4) is 0 Å². The summed E-state index contributed by atoms with van der Waals surface area (Å²) >= 11 is 0. The summed E-state index contributed by atoms with van der Waals surface area (Å²) in [6, 6.07) is 31.2. The average Bonchev–Trinajstić information content (AvgIpc) is 3.46. The van der Waals surface area contributed by atoms with E-state index in [0.717, 1.165) is 22.4 Å². The predicted octanol–water partition coefficient (Wildman–Crippen LogP) is 5.81. The fourth-order valence-corrected chi connectivity index (χ4v) is 10.6. The highest BCUT2D eigenvalue weighted by atomic mass is 28.3. The molecule has 256 valence electrons. The van der Waals surface area contributed by atoms with Crippen molar-refractivity contribution in [1.29, 1.82) is 0 Å². The number of amides is 1. The van der Waals surface area contributed by atoms with Gasteiger partial charge in [-0.3, -0.25) is 14.7 Å². The van der Waals surface area contributed by atoms with Crippen LogP contribution in [0.1, 0.15) is 30.6 Å². The first-order valence-corrected chi connectivity index (χ1v) is 19.8. The van der Waals surface area contributed by atoms with Gasteiger partial charge in [-0.05, 0) is 48.0 Å². The zero-order valence-electron chi connectivity index (χ0n) is 28.8. The average molecular weight is 680 g/mol. The number of carbonyl (C=O) groups is 1. The number of benzene rings is 4. The summed E-state index contributed by atoms with van der Waals surface area (Å²) in [5.41, 5.74) is 3.04. The molecule has 1 aliphatic heterocycles. The first-order chi connectivity index (χ1) is 23.7. The molecule has 0 radical (unpaired) electrons. The van der Waals surface area contributed by atoms with Crippen LogP contribution >= 0.6 is 0 Å². The van der Waals surface area contributed by atoms with Crippen molar-refractivity contribution in [2.24, 2.45) is 5.92 Å². The smallest absolute Gasteiger partial charge is 0.279 e. The number of methoxy groups -OCH3 is 2. The van der Waals surface area contributed by atoms with Crippen LogP contribution in [0.5, 0.6) is 11.5 Å². The van der Waals surface area contributed by atoms with Gasteiger partial charge in [0.05, 0.1) is 44.5 Å². The minimum absolute atomic E-state index is 0.0268. The van der Waals surface area contributed by atoms with E-state index in [0.29, 0.717) is 23.4 Å². The number of para-hydroxylation sites is 1. The quantitative estimate of drug-likeness (QED) is 0.161. The zero-order valence-corrected chi connectivity index (χ0v) is 29.8. The number of aromatic amines is 1. The molecule has 1 aromatic heterocycles. The summed E-state index contributed by atoms with van der Waals surface area (Å²) in [6.07, 6.45) is -0.439. The Hall–Kier alpha value is -4.64. The number of hydrogen-bond donors (Lipinski definition) is 2. The molecule has 0 saturated heterocycles. The number of rotatable bonds is 12.